The first-order chi connectivity index (χ1) is 9.40. The second-order valence-electron chi connectivity index (χ2n) is 4.38. The molecule has 0 amide bonds. The van der Waals surface area contributed by atoms with Gasteiger partial charge in [0, 0.05) is 12.6 Å². The number of aromatic nitrogens is 4. The molecule has 0 saturated carbocycles. The van der Waals surface area contributed by atoms with E-state index in [2.05, 4.69) is 20.4 Å². The zero-order chi connectivity index (χ0) is 14.8. The summed E-state index contributed by atoms with van der Waals surface area (Å²) in [6.45, 7) is 1.96. The first-order valence-electron chi connectivity index (χ1n) is 6.14. The minimum atomic E-state index is -3.38. The molecular weight excluding hydrogens is 282 g/mol. The van der Waals surface area contributed by atoms with Crippen molar-refractivity contribution in [3.8, 4) is 0 Å². The topological polar surface area (TPSA) is 98.5 Å². The lowest BCUT2D eigenvalue weighted by atomic mass is 10.2. The van der Waals surface area contributed by atoms with Gasteiger partial charge in [-0.2, -0.15) is 23.0 Å². The summed E-state index contributed by atoms with van der Waals surface area (Å²) in [4.78, 5) is 8.60. The van der Waals surface area contributed by atoms with Crippen LogP contribution in [0.15, 0.2) is 6.20 Å². The zero-order valence-corrected chi connectivity index (χ0v) is 12.4. The van der Waals surface area contributed by atoms with Gasteiger partial charge >= 0.3 is 0 Å². The van der Waals surface area contributed by atoms with E-state index in [9.17, 15) is 8.42 Å². The number of aryl methyl sites for hydroxylation is 2. The quantitative estimate of drug-likeness (QED) is 0.608. The van der Waals surface area contributed by atoms with Crippen molar-refractivity contribution in [2.24, 2.45) is 0 Å². The van der Waals surface area contributed by atoms with Gasteiger partial charge in [-0.05, 0) is 19.8 Å². The van der Waals surface area contributed by atoms with Crippen LogP contribution in [-0.4, -0.2) is 47.9 Å². The van der Waals surface area contributed by atoms with Crippen LogP contribution in [0.2, 0.25) is 0 Å². The van der Waals surface area contributed by atoms with Gasteiger partial charge in [0.25, 0.3) is 10.1 Å². The third-order valence-corrected chi connectivity index (χ3v) is 3.26. The molecule has 1 N–H and O–H groups in total. The molecule has 9 heteroatoms. The van der Waals surface area contributed by atoms with Gasteiger partial charge in [0.15, 0.2) is 5.65 Å². The third-order valence-electron chi connectivity index (χ3n) is 2.66. The first-order valence-corrected chi connectivity index (χ1v) is 7.96. The molecule has 0 bridgehead atoms. The highest BCUT2D eigenvalue weighted by Crippen LogP contribution is 2.14. The van der Waals surface area contributed by atoms with Gasteiger partial charge in [-0.1, -0.05) is 0 Å². The van der Waals surface area contributed by atoms with Crippen molar-refractivity contribution in [2.45, 2.75) is 19.8 Å². The predicted molar refractivity (Wildman–Crippen MR) is 74.2 cm³/mol. The Morgan fingerprint density at radius 3 is 2.80 bits per heavy atom. The molecule has 0 atom stereocenters. The second-order valence-corrected chi connectivity index (χ2v) is 6.02. The fourth-order valence-electron chi connectivity index (χ4n) is 1.84. The van der Waals surface area contributed by atoms with E-state index < -0.39 is 10.1 Å². The smallest absolute Gasteiger partial charge is 0.264 e. The Morgan fingerprint density at radius 1 is 1.40 bits per heavy atom. The summed E-state index contributed by atoms with van der Waals surface area (Å²) in [5.74, 6) is 1.27. The Kier molecular flexibility index (Phi) is 4.19. The van der Waals surface area contributed by atoms with Crippen LogP contribution in [0, 0.1) is 6.92 Å². The molecule has 2 aromatic rings. The first kappa shape index (κ1) is 14.7. The summed E-state index contributed by atoms with van der Waals surface area (Å²) in [6, 6.07) is 0. The summed E-state index contributed by atoms with van der Waals surface area (Å²) in [6.07, 6.45) is 3.97. The average molecular weight is 299 g/mol. The monoisotopic (exact) mass is 299 g/mol. The molecular formula is C11H17N5O3S. The molecule has 0 aliphatic heterocycles. The maximum absolute atomic E-state index is 10.9. The van der Waals surface area contributed by atoms with Crippen molar-refractivity contribution in [3.63, 3.8) is 0 Å². The molecule has 0 saturated heterocycles. The van der Waals surface area contributed by atoms with E-state index in [0.717, 1.165) is 17.5 Å². The molecule has 0 radical (unpaired) electrons. The maximum Gasteiger partial charge on any atom is 0.264 e. The highest BCUT2D eigenvalue weighted by atomic mass is 32.2. The van der Waals surface area contributed by atoms with Crippen LogP contribution in [0.4, 0.5) is 5.95 Å². The molecule has 0 fully saturated rings. The molecule has 8 nitrogen and oxygen atoms in total. The number of nitrogens with zero attached hydrogens (tertiary/aromatic N) is 4. The van der Waals surface area contributed by atoms with Crippen molar-refractivity contribution in [2.75, 3.05) is 25.2 Å². The van der Waals surface area contributed by atoms with E-state index in [-0.39, 0.29) is 6.61 Å². The summed E-state index contributed by atoms with van der Waals surface area (Å²) >= 11 is 0. The lowest BCUT2D eigenvalue weighted by Gasteiger charge is -2.04. The standard InChI is InChI=1S/C11H17N5O3S/c1-8-14-10-9(5-4-6-19-20(3,17)18)7-13-16(10)11(12-2)15-8/h7H,4-6H2,1-3H3,(H,12,14,15). The van der Waals surface area contributed by atoms with Crippen LogP contribution in [0.25, 0.3) is 5.65 Å². The number of rotatable bonds is 6. The van der Waals surface area contributed by atoms with Gasteiger partial charge in [-0.3, -0.25) is 4.18 Å². The normalized spacial score (nSPS) is 11.9. The second kappa shape index (κ2) is 5.71. The maximum atomic E-state index is 10.9. The Morgan fingerprint density at radius 2 is 2.15 bits per heavy atom. The lowest BCUT2D eigenvalue weighted by molar-refractivity contribution is 0.316. The number of anilines is 1. The predicted octanol–water partition coefficient (Wildman–Crippen LogP) is 0.383. The fourth-order valence-corrected chi connectivity index (χ4v) is 2.26. The van der Waals surface area contributed by atoms with Gasteiger partial charge in [0.2, 0.25) is 5.95 Å². The van der Waals surface area contributed by atoms with E-state index in [4.69, 9.17) is 4.18 Å². The third kappa shape index (κ3) is 3.42. The Hall–Kier alpha value is -1.74. The number of nitrogens with one attached hydrogen (secondary N) is 1. The summed E-state index contributed by atoms with van der Waals surface area (Å²) in [5, 5.41) is 7.18. The average Bonchev–Trinajstić information content (AvgIpc) is 2.75. The van der Waals surface area contributed by atoms with Crippen molar-refractivity contribution >= 4 is 21.7 Å². The van der Waals surface area contributed by atoms with Gasteiger partial charge < -0.3 is 5.32 Å². The minimum absolute atomic E-state index is 0.152. The van der Waals surface area contributed by atoms with Crippen LogP contribution in [0.5, 0.6) is 0 Å². The van der Waals surface area contributed by atoms with E-state index in [1.165, 1.54) is 0 Å². The van der Waals surface area contributed by atoms with Crippen LogP contribution in [-0.2, 0) is 20.7 Å². The van der Waals surface area contributed by atoms with Gasteiger partial charge in [0.1, 0.15) is 5.82 Å². The number of hydrogen-bond acceptors (Lipinski definition) is 7. The molecule has 2 heterocycles. The molecule has 0 unspecified atom stereocenters. The Labute approximate surface area is 117 Å². The molecule has 20 heavy (non-hydrogen) atoms. The van der Waals surface area contributed by atoms with E-state index in [1.807, 2.05) is 6.92 Å². The van der Waals surface area contributed by atoms with Crippen LogP contribution >= 0.6 is 0 Å². The molecule has 0 aromatic carbocycles. The van der Waals surface area contributed by atoms with Crippen LogP contribution < -0.4 is 5.32 Å². The molecule has 0 aliphatic rings. The number of fused-ring (bicyclic) bond motifs is 1. The van der Waals surface area contributed by atoms with Gasteiger partial charge in [-0.15, -0.1) is 0 Å². The van der Waals surface area contributed by atoms with E-state index in [0.29, 0.717) is 24.6 Å². The number of hydrogen-bond donors (Lipinski definition) is 1. The fraction of sp³-hybridized carbons (Fsp3) is 0.545. The van der Waals surface area contributed by atoms with Crippen molar-refractivity contribution in [1.29, 1.82) is 0 Å². The molecule has 0 aliphatic carbocycles. The summed E-state index contributed by atoms with van der Waals surface area (Å²) in [7, 11) is -1.62. The molecule has 2 rings (SSSR count). The summed E-state index contributed by atoms with van der Waals surface area (Å²) < 4.78 is 28.1. The van der Waals surface area contributed by atoms with E-state index in [1.54, 1.807) is 17.8 Å². The van der Waals surface area contributed by atoms with Crippen molar-refractivity contribution < 1.29 is 12.6 Å². The highest BCUT2D eigenvalue weighted by Gasteiger charge is 2.11. The van der Waals surface area contributed by atoms with Crippen LogP contribution in [0.3, 0.4) is 0 Å². The SMILES string of the molecule is CNc1nc(C)nc2c(CCCOS(C)(=O)=O)cnn12. The molecule has 110 valence electrons. The van der Waals surface area contributed by atoms with Gasteiger partial charge in [0.05, 0.1) is 19.1 Å². The highest BCUT2D eigenvalue weighted by molar-refractivity contribution is 7.85. The van der Waals surface area contributed by atoms with E-state index >= 15 is 0 Å². The Bertz CT molecular complexity index is 710. The molecule has 0 spiro atoms. The zero-order valence-electron chi connectivity index (χ0n) is 11.6. The summed E-state index contributed by atoms with van der Waals surface area (Å²) in [5.41, 5.74) is 1.66. The van der Waals surface area contributed by atoms with Crippen molar-refractivity contribution in [3.05, 3.63) is 17.6 Å². The minimum Gasteiger partial charge on any atom is -0.357 e. The Balaban J connectivity index is 2.13. The lowest BCUT2D eigenvalue weighted by Crippen LogP contribution is -2.07. The van der Waals surface area contributed by atoms with Crippen LogP contribution in [0.1, 0.15) is 17.8 Å². The van der Waals surface area contributed by atoms with Crippen molar-refractivity contribution in [1.82, 2.24) is 19.6 Å². The largest absolute Gasteiger partial charge is 0.357 e. The van der Waals surface area contributed by atoms with Gasteiger partial charge in [-0.25, -0.2) is 4.98 Å². The molecule has 2 aromatic heterocycles.